The van der Waals surface area contributed by atoms with E-state index in [1.165, 1.54) is 6.07 Å². The van der Waals surface area contributed by atoms with E-state index < -0.39 is 0 Å². The molecule has 0 saturated heterocycles. The highest BCUT2D eigenvalue weighted by molar-refractivity contribution is 7.99. The summed E-state index contributed by atoms with van der Waals surface area (Å²) in [6.45, 7) is 0.983. The average Bonchev–Trinajstić information content (AvgIpc) is 2.50. The number of nitro benzene ring substituents is 1. The number of nitrogens with one attached hydrogen (secondary N) is 1. The lowest BCUT2D eigenvalue weighted by Crippen LogP contribution is -2.05. The molecule has 2 N–H and O–H groups in total. The first kappa shape index (κ1) is 15.5. The highest BCUT2D eigenvalue weighted by Crippen LogP contribution is 2.30. The molecule has 0 fully saturated rings. The Morgan fingerprint density at radius 2 is 2.14 bits per heavy atom. The molecule has 1 aromatic carbocycles. The van der Waals surface area contributed by atoms with E-state index >= 15 is 0 Å². The van der Waals surface area contributed by atoms with Crippen molar-refractivity contribution in [2.75, 3.05) is 30.0 Å². The van der Waals surface area contributed by atoms with Crippen LogP contribution in [-0.2, 0) is 0 Å². The number of nitrogens with zero attached hydrogens (tertiary/aromatic N) is 2. The molecular weight excluding hydrogens is 290 g/mol. The van der Waals surface area contributed by atoms with E-state index in [0.29, 0.717) is 5.39 Å². The fraction of sp³-hybridized carbons (Fsp3) is 0.357. The molecule has 6 nitrogen and oxygen atoms in total. The maximum Gasteiger partial charge on any atom is 0.277 e. The Balaban J connectivity index is 2.07. The molecule has 0 bridgehead atoms. The summed E-state index contributed by atoms with van der Waals surface area (Å²) in [6, 6.07) is 4.90. The zero-order valence-electron chi connectivity index (χ0n) is 11.5. The summed E-state index contributed by atoms with van der Waals surface area (Å²) >= 11 is 1.76. The summed E-state index contributed by atoms with van der Waals surface area (Å²) in [5.41, 5.74) is 0.946. The van der Waals surface area contributed by atoms with Crippen molar-refractivity contribution in [3.8, 4) is 0 Å². The van der Waals surface area contributed by atoms with E-state index in [4.69, 9.17) is 5.11 Å². The Hall–Kier alpha value is -1.86. The number of fused-ring (bicyclic) bond motifs is 1. The molecule has 1 heterocycles. The van der Waals surface area contributed by atoms with Gasteiger partial charge in [0.25, 0.3) is 5.69 Å². The third-order valence-electron chi connectivity index (χ3n) is 3.00. The topological polar surface area (TPSA) is 88.3 Å². The van der Waals surface area contributed by atoms with Crippen LogP contribution in [0.15, 0.2) is 30.6 Å². The van der Waals surface area contributed by atoms with E-state index in [1.807, 2.05) is 0 Å². The lowest BCUT2D eigenvalue weighted by Gasteiger charge is -2.09. The summed E-state index contributed by atoms with van der Waals surface area (Å²) in [6.07, 6.45) is 4.00. The van der Waals surface area contributed by atoms with Crippen LogP contribution < -0.4 is 5.32 Å². The van der Waals surface area contributed by atoms with Crippen molar-refractivity contribution in [2.45, 2.75) is 6.42 Å². The van der Waals surface area contributed by atoms with Gasteiger partial charge < -0.3 is 10.4 Å². The van der Waals surface area contributed by atoms with Crippen molar-refractivity contribution < 1.29 is 10.0 Å². The minimum Gasteiger partial charge on any atom is -0.396 e. The molecule has 2 aromatic rings. The van der Waals surface area contributed by atoms with Gasteiger partial charge in [-0.05, 0) is 24.3 Å². The Morgan fingerprint density at radius 1 is 1.29 bits per heavy atom. The van der Waals surface area contributed by atoms with Gasteiger partial charge in [-0.25, -0.2) is 0 Å². The third kappa shape index (κ3) is 4.05. The summed E-state index contributed by atoms with van der Waals surface area (Å²) in [7, 11) is 0. The van der Waals surface area contributed by atoms with Crippen LogP contribution in [0.1, 0.15) is 6.42 Å². The van der Waals surface area contributed by atoms with Crippen molar-refractivity contribution in [3.05, 3.63) is 40.7 Å². The normalized spacial score (nSPS) is 10.7. The van der Waals surface area contributed by atoms with E-state index in [0.717, 1.165) is 35.5 Å². The van der Waals surface area contributed by atoms with Gasteiger partial charge in [-0.3, -0.25) is 15.1 Å². The maximum atomic E-state index is 11.0. The van der Waals surface area contributed by atoms with E-state index in [2.05, 4.69) is 10.3 Å². The summed E-state index contributed by atoms with van der Waals surface area (Å²) in [4.78, 5) is 14.7. The summed E-state index contributed by atoms with van der Waals surface area (Å²) in [5, 5.41) is 24.4. The number of aliphatic hydroxyl groups is 1. The minimum absolute atomic E-state index is 0.0928. The van der Waals surface area contributed by atoms with Gasteiger partial charge in [-0.1, -0.05) is 0 Å². The number of non-ortho nitro benzene ring substituents is 1. The van der Waals surface area contributed by atoms with Crippen LogP contribution in [-0.4, -0.2) is 39.7 Å². The fourth-order valence-electron chi connectivity index (χ4n) is 2.01. The maximum absolute atomic E-state index is 11.0. The molecule has 7 heteroatoms. The molecule has 21 heavy (non-hydrogen) atoms. The standard InChI is InChI=1S/C14H17N3O3S/c18-7-1-8-21-9-6-16-13-2-3-14(17(19)20)11-4-5-15-10-12(11)13/h2-5,10,16,18H,1,6-9H2. The van der Waals surface area contributed by atoms with Gasteiger partial charge in [-0.15, -0.1) is 0 Å². The second-order valence-corrected chi connectivity index (χ2v) is 5.65. The number of aliphatic hydroxyl groups excluding tert-OH is 1. The highest BCUT2D eigenvalue weighted by atomic mass is 32.2. The molecule has 0 unspecified atom stereocenters. The number of nitro groups is 1. The van der Waals surface area contributed by atoms with Crippen LogP contribution in [0.25, 0.3) is 10.8 Å². The van der Waals surface area contributed by atoms with Crippen LogP contribution in [0.4, 0.5) is 11.4 Å². The number of benzene rings is 1. The van der Waals surface area contributed by atoms with Gasteiger partial charge in [0.15, 0.2) is 0 Å². The van der Waals surface area contributed by atoms with Crippen molar-refractivity contribution in [3.63, 3.8) is 0 Å². The molecule has 0 saturated carbocycles. The van der Waals surface area contributed by atoms with Crippen molar-refractivity contribution in [1.82, 2.24) is 4.98 Å². The quantitative estimate of drug-likeness (QED) is 0.443. The Bertz CT molecular complexity index is 621. The molecule has 0 aliphatic carbocycles. The monoisotopic (exact) mass is 307 g/mol. The number of thioether (sulfide) groups is 1. The molecule has 0 aliphatic heterocycles. The smallest absolute Gasteiger partial charge is 0.277 e. The minimum atomic E-state index is -0.378. The predicted molar refractivity (Wildman–Crippen MR) is 85.9 cm³/mol. The first-order valence-electron chi connectivity index (χ1n) is 6.67. The second-order valence-electron chi connectivity index (χ2n) is 4.43. The van der Waals surface area contributed by atoms with Crippen molar-refractivity contribution >= 4 is 33.9 Å². The van der Waals surface area contributed by atoms with Gasteiger partial charge in [0.2, 0.25) is 0 Å². The molecule has 0 aliphatic rings. The molecule has 1 aromatic heterocycles. The molecule has 0 atom stereocenters. The van der Waals surface area contributed by atoms with Crippen molar-refractivity contribution in [2.24, 2.45) is 0 Å². The number of aromatic nitrogens is 1. The van der Waals surface area contributed by atoms with Crippen LogP contribution in [0.3, 0.4) is 0 Å². The Kier molecular flexibility index (Phi) is 5.77. The van der Waals surface area contributed by atoms with Gasteiger partial charge in [0.05, 0.1) is 10.3 Å². The SMILES string of the molecule is O=[N+]([O-])c1ccc(NCCSCCCO)c2cnccc12. The number of hydrogen-bond acceptors (Lipinski definition) is 6. The fourth-order valence-corrected chi connectivity index (χ4v) is 2.80. The largest absolute Gasteiger partial charge is 0.396 e. The summed E-state index contributed by atoms with van der Waals surface area (Å²) < 4.78 is 0. The highest BCUT2D eigenvalue weighted by Gasteiger charge is 2.13. The van der Waals surface area contributed by atoms with Gasteiger partial charge in [0, 0.05) is 48.4 Å². The summed E-state index contributed by atoms with van der Waals surface area (Å²) in [5.74, 6) is 1.85. The van der Waals surface area contributed by atoms with Gasteiger partial charge in [-0.2, -0.15) is 11.8 Å². The average molecular weight is 307 g/mol. The van der Waals surface area contributed by atoms with Crippen LogP contribution in [0.2, 0.25) is 0 Å². The number of hydrogen-bond donors (Lipinski definition) is 2. The first-order valence-corrected chi connectivity index (χ1v) is 7.83. The van der Waals surface area contributed by atoms with Crippen LogP contribution >= 0.6 is 11.8 Å². The molecular formula is C14H17N3O3S. The molecule has 2 rings (SSSR count). The Morgan fingerprint density at radius 3 is 2.90 bits per heavy atom. The molecule has 112 valence electrons. The van der Waals surface area contributed by atoms with Crippen molar-refractivity contribution in [1.29, 1.82) is 0 Å². The lowest BCUT2D eigenvalue weighted by atomic mass is 10.1. The first-order chi connectivity index (χ1) is 10.2. The van der Waals surface area contributed by atoms with Gasteiger partial charge in [0.1, 0.15) is 0 Å². The molecule has 0 amide bonds. The molecule has 0 radical (unpaired) electrons. The van der Waals surface area contributed by atoms with E-state index in [1.54, 1.807) is 36.3 Å². The molecule has 0 spiro atoms. The predicted octanol–water partition coefficient (Wildman–Crippen LogP) is 2.67. The third-order valence-corrected chi connectivity index (χ3v) is 4.07. The number of anilines is 1. The van der Waals surface area contributed by atoms with E-state index in [-0.39, 0.29) is 17.2 Å². The Labute approximate surface area is 126 Å². The van der Waals surface area contributed by atoms with Gasteiger partial charge >= 0.3 is 0 Å². The zero-order chi connectivity index (χ0) is 15.1. The zero-order valence-corrected chi connectivity index (χ0v) is 12.3. The van der Waals surface area contributed by atoms with E-state index in [9.17, 15) is 10.1 Å². The second kappa shape index (κ2) is 7.80. The van der Waals surface area contributed by atoms with Crippen LogP contribution in [0.5, 0.6) is 0 Å². The number of rotatable bonds is 8. The number of pyridine rings is 1. The van der Waals surface area contributed by atoms with Crippen LogP contribution in [0, 0.1) is 10.1 Å². The lowest BCUT2D eigenvalue weighted by molar-refractivity contribution is -0.383.